The minimum absolute atomic E-state index is 0.168. The van der Waals surface area contributed by atoms with Crippen LogP contribution in [0.4, 0.5) is 5.69 Å². The Morgan fingerprint density at radius 2 is 1.91 bits per heavy atom. The Bertz CT molecular complexity index is 678. The molecule has 0 radical (unpaired) electrons. The molecule has 1 aliphatic rings. The first-order valence-electron chi connectivity index (χ1n) is 7.44. The van der Waals surface area contributed by atoms with Crippen LogP contribution in [-0.4, -0.2) is 17.7 Å². The maximum Gasteiger partial charge on any atom is 0.268 e. The van der Waals surface area contributed by atoms with E-state index in [1.54, 1.807) is 0 Å². The van der Waals surface area contributed by atoms with Crippen LogP contribution in [0.5, 0.6) is 0 Å². The van der Waals surface area contributed by atoms with Gasteiger partial charge in [0.15, 0.2) is 0 Å². The standard InChI is InChI=1S/C18H18N2O2/c1-2-13-8-10-15(11-9-13)19-18(21)17-12-16(20-22-17)14-6-4-3-5-7-14/h3-11,17H,2,12H2,1H3,(H,19,21)/t17-/m0/s1. The van der Waals surface area contributed by atoms with E-state index in [4.69, 9.17) is 4.84 Å². The summed E-state index contributed by atoms with van der Waals surface area (Å²) in [5.74, 6) is -0.168. The molecule has 0 saturated heterocycles. The van der Waals surface area contributed by atoms with E-state index in [1.165, 1.54) is 5.56 Å². The van der Waals surface area contributed by atoms with Gasteiger partial charge in [0.05, 0.1) is 5.71 Å². The number of anilines is 1. The van der Waals surface area contributed by atoms with Crippen LogP contribution < -0.4 is 5.32 Å². The second-order valence-corrected chi connectivity index (χ2v) is 5.24. The lowest BCUT2D eigenvalue weighted by Crippen LogP contribution is -2.28. The highest BCUT2D eigenvalue weighted by molar-refractivity contribution is 6.06. The van der Waals surface area contributed by atoms with E-state index in [9.17, 15) is 4.79 Å². The topological polar surface area (TPSA) is 50.7 Å². The first-order valence-corrected chi connectivity index (χ1v) is 7.44. The molecule has 0 fully saturated rings. The van der Waals surface area contributed by atoms with E-state index in [0.29, 0.717) is 6.42 Å². The molecule has 4 nitrogen and oxygen atoms in total. The summed E-state index contributed by atoms with van der Waals surface area (Å²) in [5, 5.41) is 6.90. The first-order chi connectivity index (χ1) is 10.8. The van der Waals surface area contributed by atoms with E-state index in [-0.39, 0.29) is 5.91 Å². The third kappa shape index (κ3) is 3.17. The summed E-state index contributed by atoms with van der Waals surface area (Å²) in [6.45, 7) is 2.10. The molecule has 0 bridgehead atoms. The lowest BCUT2D eigenvalue weighted by atomic mass is 10.0. The average Bonchev–Trinajstić information content (AvgIpc) is 3.06. The lowest BCUT2D eigenvalue weighted by molar-refractivity contribution is -0.125. The number of hydrogen-bond acceptors (Lipinski definition) is 3. The fourth-order valence-corrected chi connectivity index (χ4v) is 2.37. The van der Waals surface area contributed by atoms with Gasteiger partial charge in [-0.1, -0.05) is 54.5 Å². The van der Waals surface area contributed by atoms with E-state index >= 15 is 0 Å². The zero-order valence-electron chi connectivity index (χ0n) is 12.5. The van der Waals surface area contributed by atoms with Crippen molar-refractivity contribution in [3.63, 3.8) is 0 Å². The van der Waals surface area contributed by atoms with Crippen LogP contribution in [0.15, 0.2) is 59.8 Å². The van der Waals surface area contributed by atoms with E-state index in [1.807, 2.05) is 54.6 Å². The summed E-state index contributed by atoms with van der Waals surface area (Å²) in [7, 11) is 0. The number of amides is 1. The largest absolute Gasteiger partial charge is 0.382 e. The number of carbonyl (C=O) groups excluding carboxylic acids is 1. The van der Waals surface area contributed by atoms with Gasteiger partial charge in [-0.15, -0.1) is 0 Å². The minimum atomic E-state index is -0.568. The zero-order valence-corrected chi connectivity index (χ0v) is 12.5. The summed E-state index contributed by atoms with van der Waals surface area (Å²) in [6, 6.07) is 17.6. The quantitative estimate of drug-likeness (QED) is 0.939. The Morgan fingerprint density at radius 3 is 2.59 bits per heavy atom. The number of benzene rings is 2. The molecule has 1 heterocycles. The van der Waals surface area contributed by atoms with Gasteiger partial charge in [0.2, 0.25) is 6.10 Å². The number of carbonyl (C=O) groups is 1. The van der Waals surface area contributed by atoms with Gasteiger partial charge in [-0.25, -0.2) is 0 Å². The van der Waals surface area contributed by atoms with Gasteiger partial charge in [-0.2, -0.15) is 0 Å². The van der Waals surface area contributed by atoms with Gasteiger partial charge < -0.3 is 10.2 Å². The molecular weight excluding hydrogens is 276 g/mol. The molecule has 22 heavy (non-hydrogen) atoms. The molecule has 4 heteroatoms. The number of nitrogens with one attached hydrogen (secondary N) is 1. The van der Waals surface area contributed by atoms with Crippen molar-refractivity contribution in [1.82, 2.24) is 0 Å². The predicted molar refractivity (Wildman–Crippen MR) is 86.9 cm³/mol. The fraction of sp³-hybridized carbons (Fsp3) is 0.222. The van der Waals surface area contributed by atoms with Crippen molar-refractivity contribution in [3.05, 3.63) is 65.7 Å². The van der Waals surface area contributed by atoms with Crippen molar-refractivity contribution in [2.75, 3.05) is 5.32 Å². The van der Waals surface area contributed by atoms with Gasteiger partial charge in [0.1, 0.15) is 0 Å². The van der Waals surface area contributed by atoms with Gasteiger partial charge >= 0.3 is 0 Å². The molecule has 1 N–H and O–H groups in total. The predicted octanol–water partition coefficient (Wildman–Crippen LogP) is 3.38. The number of hydrogen-bond donors (Lipinski definition) is 1. The van der Waals surface area contributed by atoms with Gasteiger partial charge in [0.25, 0.3) is 5.91 Å². The van der Waals surface area contributed by atoms with Crippen molar-refractivity contribution in [2.45, 2.75) is 25.9 Å². The highest BCUT2D eigenvalue weighted by Crippen LogP contribution is 2.18. The second kappa shape index (κ2) is 6.43. The second-order valence-electron chi connectivity index (χ2n) is 5.24. The summed E-state index contributed by atoms with van der Waals surface area (Å²) >= 11 is 0. The number of aryl methyl sites for hydroxylation is 1. The molecule has 0 spiro atoms. The van der Waals surface area contributed by atoms with Crippen molar-refractivity contribution in [2.24, 2.45) is 5.16 Å². The van der Waals surface area contributed by atoms with Crippen molar-refractivity contribution < 1.29 is 9.63 Å². The van der Waals surface area contributed by atoms with Gasteiger partial charge in [-0.05, 0) is 29.7 Å². The molecule has 0 aliphatic carbocycles. The number of rotatable bonds is 4. The Kier molecular flexibility index (Phi) is 4.19. The molecule has 112 valence electrons. The molecule has 1 amide bonds. The highest BCUT2D eigenvalue weighted by atomic mass is 16.6. The van der Waals surface area contributed by atoms with Gasteiger partial charge in [-0.3, -0.25) is 4.79 Å². The monoisotopic (exact) mass is 294 g/mol. The third-order valence-corrected chi connectivity index (χ3v) is 3.70. The molecule has 2 aromatic rings. The normalized spacial score (nSPS) is 16.8. The van der Waals surface area contributed by atoms with Crippen molar-refractivity contribution in [3.8, 4) is 0 Å². The average molecular weight is 294 g/mol. The molecule has 1 aliphatic heterocycles. The molecule has 0 aromatic heterocycles. The SMILES string of the molecule is CCc1ccc(NC(=O)[C@@H]2CC(c3ccccc3)=NO2)cc1. The number of oxime groups is 1. The van der Waals surface area contributed by atoms with E-state index in [0.717, 1.165) is 23.4 Å². The first kappa shape index (κ1) is 14.3. The van der Waals surface area contributed by atoms with Crippen LogP contribution in [0.3, 0.4) is 0 Å². The summed E-state index contributed by atoms with van der Waals surface area (Å²) in [4.78, 5) is 17.5. The Morgan fingerprint density at radius 1 is 1.18 bits per heavy atom. The van der Waals surface area contributed by atoms with Crippen molar-refractivity contribution >= 4 is 17.3 Å². The molecule has 2 aromatic carbocycles. The molecular formula is C18H18N2O2. The van der Waals surface area contributed by atoms with Crippen LogP contribution in [-0.2, 0) is 16.1 Å². The van der Waals surface area contributed by atoms with Gasteiger partial charge in [0, 0.05) is 12.1 Å². The Labute approximate surface area is 129 Å². The molecule has 0 saturated carbocycles. The van der Waals surface area contributed by atoms with Crippen LogP contribution >= 0.6 is 0 Å². The highest BCUT2D eigenvalue weighted by Gasteiger charge is 2.28. The zero-order chi connectivity index (χ0) is 15.4. The third-order valence-electron chi connectivity index (χ3n) is 3.70. The van der Waals surface area contributed by atoms with Crippen LogP contribution in [0.2, 0.25) is 0 Å². The van der Waals surface area contributed by atoms with Crippen LogP contribution in [0.25, 0.3) is 0 Å². The van der Waals surface area contributed by atoms with Crippen LogP contribution in [0.1, 0.15) is 24.5 Å². The molecule has 1 atom stereocenters. The van der Waals surface area contributed by atoms with E-state index in [2.05, 4.69) is 17.4 Å². The molecule has 3 rings (SSSR count). The van der Waals surface area contributed by atoms with Crippen LogP contribution in [0, 0.1) is 0 Å². The summed E-state index contributed by atoms with van der Waals surface area (Å²) in [6.07, 6.45) is 0.901. The Hall–Kier alpha value is -2.62. The molecule has 0 unspecified atom stereocenters. The van der Waals surface area contributed by atoms with E-state index < -0.39 is 6.10 Å². The maximum absolute atomic E-state index is 12.2. The summed E-state index contributed by atoms with van der Waals surface area (Å²) in [5.41, 5.74) is 3.82. The lowest BCUT2D eigenvalue weighted by Gasteiger charge is -2.10. The number of nitrogens with zero attached hydrogens (tertiary/aromatic N) is 1. The fourth-order valence-electron chi connectivity index (χ4n) is 2.37. The minimum Gasteiger partial charge on any atom is -0.382 e. The smallest absolute Gasteiger partial charge is 0.268 e. The maximum atomic E-state index is 12.2. The van der Waals surface area contributed by atoms with Crippen molar-refractivity contribution in [1.29, 1.82) is 0 Å². The Balaban J connectivity index is 1.60. The summed E-state index contributed by atoms with van der Waals surface area (Å²) < 4.78 is 0.